The number of rotatable bonds is 5. The molecule has 1 N–H and O–H groups in total. The maximum atomic E-state index is 12.5. The molecule has 1 atom stereocenters. The van der Waals surface area contributed by atoms with Gasteiger partial charge in [-0.3, -0.25) is 4.79 Å². The Kier molecular flexibility index (Phi) is 5.99. The molecule has 6 heteroatoms. The summed E-state index contributed by atoms with van der Waals surface area (Å²) in [4.78, 5) is 12.5. The van der Waals surface area contributed by atoms with Crippen LogP contribution in [0.25, 0.3) is 0 Å². The fraction of sp³-hybridized carbons (Fsp3) is 0.316. The molecule has 1 saturated heterocycles. The van der Waals surface area contributed by atoms with Crippen molar-refractivity contribution in [3.8, 4) is 5.75 Å². The summed E-state index contributed by atoms with van der Waals surface area (Å²) < 4.78 is 12.1. The van der Waals surface area contributed by atoms with E-state index in [0.29, 0.717) is 28.6 Å². The van der Waals surface area contributed by atoms with Crippen molar-refractivity contribution in [3.05, 3.63) is 57.0 Å². The molecule has 1 heterocycles. The first-order valence-electron chi connectivity index (χ1n) is 8.15. The van der Waals surface area contributed by atoms with Gasteiger partial charge in [-0.1, -0.05) is 17.7 Å². The minimum absolute atomic E-state index is 0.153. The second-order valence-corrected chi connectivity index (χ2v) is 7.22. The lowest BCUT2D eigenvalue weighted by Gasteiger charge is -2.14. The second-order valence-electron chi connectivity index (χ2n) is 5.96. The molecule has 0 aliphatic carbocycles. The van der Waals surface area contributed by atoms with Crippen LogP contribution < -0.4 is 10.1 Å². The van der Waals surface area contributed by atoms with E-state index in [1.165, 1.54) is 0 Å². The van der Waals surface area contributed by atoms with E-state index in [0.717, 1.165) is 29.5 Å². The van der Waals surface area contributed by atoms with Crippen LogP contribution in [0.1, 0.15) is 28.8 Å². The van der Waals surface area contributed by atoms with Gasteiger partial charge in [0.25, 0.3) is 5.91 Å². The monoisotopic (exact) mass is 423 g/mol. The van der Waals surface area contributed by atoms with Gasteiger partial charge < -0.3 is 14.8 Å². The van der Waals surface area contributed by atoms with Crippen LogP contribution in [0.3, 0.4) is 0 Å². The lowest BCUT2D eigenvalue weighted by atomic mass is 10.1. The van der Waals surface area contributed by atoms with Gasteiger partial charge in [-0.15, -0.1) is 0 Å². The van der Waals surface area contributed by atoms with Crippen LogP contribution in [-0.4, -0.2) is 25.2 Å². The molecule has 0 spiro atoms. The normalized spacial score (nSPS) is 16.7. The number of benzene rings is 2. The molecule has 4 nitrogen and oxygen atoms in total. The van der Waals surface area contributed by atoms with Gasteiger partial charge in [-0.25, -0.2) is 0 Å². The Labute approximate surface area is 160 Å². The smallest absolute Gasteiger partial charge is 0.255 e. The molecular formula is C19H19BrClNO3. The van der Waals surface area contributed by atoms with Gasteiger partial charge in [0.2, 0.25) is 0 Å². The van der Waals surface area contributed by atoms with Gasteiger partial charge in [-0.2, -0.15) is 0 Å². The average Bonchev–Trinajstić information content (AvgIpc) is 3.11. The molecule has 0 saturated carbocycles. The first-order valence-corrected chi connectivity index (χ1v) is 9.32. The number of carbonyl (C=O) groups excluding carboxylic acids is 1. The summed E-state index contributed by atoms with van der Waals surface area (Å²) in [5.41, 5.74) is 2.08. The van der Waals surface area contributed by atoms with Gasteiger partial charge in [0.15, 0.2) is 0 Å². The van der Waals surface area contributed by atoms with Gasteiger partial charge in [0.05, 0.1) is 10.6 Å². The Balaban J connectivity index is 1.66. The van der Waals surface area contributed by atoms with Crippen LogP contribution in [0.2, 0.25) is 5.02 Å². The predicted octanol–water partition coefficient (Wildman–Crippen LogP) is 5.22. The second kappa shape index (κ2) is 8.21. The van der Waals surface area contributed by atoms with E-state index < -0.39 is 0 Å². The van der Waals surface area contributed by atoms with Crippen molar-refractivity contribution in [1.82, 2.24) is 0 Å². The van der Waals surface area contributed by atoms with Crippen molar-refractivity contribution < 1.29 is 14.3 Å². The molecule has 1 fully saturated rings. The SMILES string of the molecule is Cc1c(Cl)cccc1NC(=O)c1ccc(OCC2CCCO2)c(Br)c1. The molecule has 132 valence electrons. The number of amides is 1. The Morgan fingerprint density at radius 1 is 1.40 bits per heavy atom. The van der Waals surface area contributed by atoms with Crippen LogP contribution >= 0.6 is 27.5 Å². The zero-order valence-corrected chi connectivity index (χ0v) is 16.2. The number of halogens is 2. The summed E-state index contributed by atoms with van der Waals surface area (Å²) in [5.74, 6) is 0.503. The fourth-order valence-corrected chi connectivity index (χ4v) is 3.32. The molecule has 0 bridgehead atoms. The van der Waals surface area contributed by atoms with Crippen LogP contribution in [0, 0.1) is 6.92 Å². The van der Waals surface area contributed by atoms with Gasteiger partial charge in [0, 0.05) is 22.9 Å². The van der Waals surface area contributed by atoms with E-state index in [-0.39, 0.29) is 12.0 Å². The zero-order valence-electron chi connectivity index (χ0n) is 13.9. The standard InChI is InChI=1S/C19H19BrClNO3/c1-12-16(21)5-2-6-17(12)22-19(23)13-7-8-18(15(20)10-13)25-11-14-4-3-9-24-14/h2,5-8,10,14H,3-4,9,11H2,1H3,(H,22,23). The van der Waals surface area contributed by atoms with Crippen molar-refractivity contribution in [2.45, 2.75) is 25.9 Å². The highest BCUT2D eigenvalue weighted by molar-refractivity contribution is 9.10. The fourth-order valence-electron chi connectivity index (χ4n) is 2.66. The van der Waals surface area contributed by atoms with E-state index >= 15 is 0 Å². The first kappa shape index (κ1) is 18.2. The third-order valence-corrected chi connectivity index (χ3v) is 5.19. The Hall–Kier alpha value is -1.56. The van der Waals surface area contributed by atoms with Crippen LogP contribution in [0.4, 0.5) is 5.69 Å². The summed E-state index contributed by atoms with van der Waals surface area (Å²) in [5, 5.41) is 3.51. The molecule has 3 rings (SSSR count). The maximum absolute atomic E-state index is 12.5. The predicted molar refractivity (Wildman–Crippen MR) is 103 cm³/mol. The molecule has 2 aromatic carbocycles. The highest BCUT2D eigenvalue weighted by atomic mass is 79.9. The van der Waals surface area contributed by atoms with Crippen LogP contribution in [0.5, 0.6) is 5.75 Å². The Bertz CT molecular complexity index is 775. The van der Waals surface area contributed by atoms with Crippen molar-refractivity contribution in [2.75, 3.05) is 18.5 Å². The molecule has 1 amide bonds. The minimum atomic E-state index is -0.197. The van der Waals surface area contributed by atoms with E-state index in [1.54, 1.807) is 24.3 Å². The Morgan fingerprint density at radius 3 is 2.96 bits per heavy atom. The molecular weight excluding hydrogens is 406 g/mol. The molecule has 2 aromatic rings. The largest absolute Gasteiger partial charge is 0.490 e. The van der Waals surface area contributed by atoms with Crippen LogP contribution in [0.15, 0.2) is 40.9 Å². The zero-order chi connectivity index (χ0) is 17.8. The van der Waals surface area contributed by atoms with Crippen molar-refractivity contribution >= 4 is 39.1 Å². The number of hydrogen-bond acceptors (Lipinski definition) is 3. The Morgan fingerprint density at radius 2 is 2.24 bits per heavy atom. The molecule has 1 aliphatic heterocycles. The van der Waals surface area contributed by atoms with E-state index in [9.17, 15) is 4.79 Å². The maximum Gasteiger partial charge on any atom is 0.255 e. The number of hydrogen-bond donors (Lipinski definition) is 1. The number of anilines is 1. The van der Waals surface area contributed by atoms with Crippen molar-refractivity contribution in [3.63, 3.8) is 0 Å². The van der Waals surface area contributed by atoms with Crippen molar-refractivity contribution in [1.29, 1.82) is 0 Å². The minimum Gasteiger partial charge on any atom is -0.490 e. The molecule has 25 heavy (non-hydrogen) atoms. The van der Waals surface area contributed by atoms with Gasteiger partial charge >= 0.3 is 0 Å². The summed E-state index contributed by atoms with van der Waals surface area (Å²) in [7, 11) is 0. The number of ether oxygens (including phenoxy) is 2. The average molecular weight is 425 g/mol. The summed E-state index contributed by atoms with van der Waals surface area (Å²) in [6.07, 6.45) is 2.26. The summed E-state index contributed by atoms with van der Waals surface area (Å²) >= 11 is 9.56. The lowest BCUT2D eigenvalue weighted by molar-refractivity contribution is 0.0677. The van der Waals surface area contributed by atoms with Gasteiger partial charge in [-0.05, 0) is 71.6 Å². The highest BCUT2D eigenvalue weighted by Gasteiger charge is 2.17. The summed E-state index contributed by atoms with van der Waals surface area (Å²) in [6.45, 7) is 3.19. The van der Waals surface area contributed by atoms with E-state index in [2.05, 4.69) is 21.2 Å². The number of carbonyl (C=O) groups is 1. The van der Waals surface area contributed by atoms with Crippen LogP contribution in [-0.2, 0) is 4.74 Å². The third-order valence-electron chi connectivity index (χ3n) is 4.16. The lowest BCUT2D eigenvalue weighted by Crippen LogP contribution is -2.17. The first-order chi connectivity index (χ1) is 12.0. The number of nitrogens with one attached hydrogen (secondary N) is 1. The third kappa shape index (κ3) is 4.54. The summed E-state index contributed by atoms with van der Waals surface area (Å²) in [6, 6.07) is 10.7. The van der Waals surface area contributed by atoms with E-state index in [4.69, 9.17) is 21.1 Å². The highest BCUT2D eigenvalue weighted by Crippen LogP contribution is 2.28. The molecule has 1 unspecified atom stereocenters. The van der Waals surface area contributed by atoms with Crippen molar-refractivity contribution in [2.24, 2.45) is 0 Å². The quantitative estimate of drug-likeness (QED) is 0.716. The van der Waals surface area contributed by atoms with E-state index in [1.807, 2.05) is 19.1 Å². The molecule has 1 aliphatic rings. The van der Waals surface area contributed by atoms with Gasteiger partial charge in [0.1, 0.15) is 12.4 Å². The molecule has 0 radical (unpaired) electrons. The topological polar surface area (TPSA) is 47.6 Å². The molecule has 0 aromatic heterocycles.